The number of hydrogen-bond acceptors (Lipinski definition) is 5. The van der Waals surface area contributed by atoms with Gasteiger partial charge in [0, 0.05) is 16.5 Å². The molecule has 1 aromatic heterocycles. The summed E-state index contributed by atoms with van der Waals surface area (Å²) in [6, 6.07) is 21.8. The van der Waals surface area contributed by atoms with E-state index in [1.165, 1.54) is 4.90 Å². The predicted octanol–water partition coefficient (Wildman–Crippen LogP) is 3.71. The maximum absolute atomic E-state index is 13.3. The van der Waals surface area contributed by atoms with Crippen molar-refractivity contribution in [2.24, 2.45) is 5.10 Å². The Kier molecular flexibility index (Phi) is 7.77. The Morgan fingerprint density at radius 2 is 1.89 bits per heavy atom. The number of quaternary nitrogens is 1. The maximum atomic E-state index is 13.3. The summed E-state index contributed by atoms with van der Waals surface area (Å²) in [6.45, 7) is 8.46. The molecule has 0 saturated carbocycles. The van der Waals surface area contributed by atoms with Crippen molar-refractivity contribution < 1.29 is 19.2 Å². The van der Waals surface area contributed by atoms with Crippen LogP contribution in [-0.4, -0.2) is 50.5 Å². The van der Waals surface area contributed by atoms with E-state index in [4.69, 9.17) is 14.5 Å². The molecule has 1 saturated heterocycles. The van der Waals surface area contributed by atoms with Gasteiger partial charge in [0.05, 0.1) is 43.3 Å². The number of aromatic nitrogens is 1. The van der Waals surface area contributed by atoms with Gasteiger partial charge >= 0.3 is 0 Å². The molecule has 2 N–H and O–H groups in total. The molecule has 5 rings (SSSR count). The Hall–Kier alpha value is -4.07. The van der Waals surface area contributed by atoms with E-state index >= 15 is 0 Å². The highest BCUT2D eigenvalue weighted by Crippen LogP contribution is 2.28. The number of nitrogens with one attached hydrogen (secondary N) is 2. The monoisotopic (exact) mass is 509 g/mol. The second-order valence-electron chi connectivity index (χ2n) is 9.70. The minimum atomic E-state index is -0.280. The van der Waals surface area contributed by atoms with Crippen LogP contribution in [0.1, 0.15) is 32.6 Å². The van der Waals surface area contributed by atoms with Crippen LogP contribution in [0, 0.1) is 13.8 Å². The molecule has 4 aromatic rings. The summed E-state index contributed by atoms with van der Waals surface area (Å²) in [4.78, 5) is 19.6. The Morgan fingerprint density at radius 3 is 2.71 bits per heavy atom. The highest BCUT2D eigenvalue weighted by molar-refractivity contribution is 6.07. The van der Waals surface area contributed by atoms with Gasteiger partial charge in [-0.3, -0.25) is 4.79 Å². The minimum absolute atomic E-state index is 0.280. The zero-order valence-electron chi connectivity index (χ0n) is 22.1. The SMILES string of the molecule is COc1ccc(C=NNC(=O)c2cc(-c3cc(C)ccc3C)nc3ccccc23)cc1C[NH+]1CCOCC1. The van der Waals surface area contributed by atoms with E-state index < -0.39 is 0 Å². The molecule has 1 aliphatic rings. The van der Waals surface area contributed by atoms with E-state index in [1.807, 2.05) is 42.5 Å². The van der Waals surface area contributed by atoms with Crippen molar-refractivity contribution in [3.63, 3.8) is 0 Å². The topological polar surface area (TPSA) is 77.2 Å². The summed E-state index contributed by atoms with van der Waals surface area (Å²) in [5, 5.41) is 5.08. The smallest absolute Gasteiger partial charge is 0.272 e. The molecule has 0 aliphatic carbocycles. The average molecular weight is 510 g/mol. The van der Waals surface area contributed by atoms with Crippen LogP contribution in [0.2, 0.25) is 0 Å². The van der Waals surface area contributed by atoms with Gasteiger partial charge in [-0.05, 0) is 61.4 Å². The largest absolute Gasteiger partial charge is 0.496 e. The van der Waals surface area contributed by atoms with Gasteiger partial charge in [-0.2, -0.15) is 5.10 Å². The summed E-state index contributed by atoms with van der Waals surface area (Å²) in [7, 11) is 1.69. The lowest BCUT2D eigenvalue weighted by Crippen LogP contribution is -3.12. The number of hydrogen-bond donors (Lipinski definition) is 2. The van der Waals surface area contributed by atoms with E-state index in [2.05, 4.69) is 48.6 Å². The van der Waals surface area contributed by atoms with Crippen molar-refractivity contribution in [1.29, 1.82) is 0 Å². The number of carbonyl (C=O) groups is 1. The molecular weight excluding hydrogens is 476 g/mol. The number of rotatable bonds is 7. The number of para-hydroxylation sites is 1. The van der Waals surface area contributed by atoms with Crippen molar-refractivity contribution in [2.45, 2.75) is 20.4 Å². The van der Waals surface area contributed by atoms with Gasteiger partial charge in [0.2, 0.25) is 0 Å². The summed E-state index contributed by atoms with van der Waals surface area (Å²) in [6.07, 6.45) is 1.67. The molecule has 1 fully saturated rings. The molecule has 2 heterocycles. The van der Waals surface area contributed by atoms with Crippen molar-refractivity contribution in [1.82, 2.24) is 10.4 Å². The van der Waals surface area contributed by atoms with E-state index in [0.717, 1.165) is 83.0 Å². The third-order valence-corrected chi connectivity index (χ3v) is 6.95. The fourth-order valence-corrected chi connectivity index (χ4v) is 4.86. The van der Waals surface area contributed by atoms with Crippen LogP contribution in [0.25, 0.3) is 22.2 Å². The molecule has 1 amide bonds. The molecule has 1 aliphatic heterocycles. The summed E-state index contributed by atoms with van der Waals surface area (Å²) < 4.78 is 11.1. The van der Waals surface area contributed by atoms with Crippen LogP contribution in [-0.2, 0) is 11.3 Å². The van der Waals surface area contributed by atoms with Gasteiger partial charge in [-0.1, -0.05) is 35.9 Å². The van der Waals surface area contributed by atoms with Gasteiger partial charge in [-0.15, -0.1) is 0 Å². The molecule has 0 radical (unpaired) electrons. The quantitative estimate of drug-likeness (QED) is 0.294. The number of carbonyl (C=O) groups excluding carboxylic acids is 1. The Balaban J connectivity index is 1.39. The van der Waals surface area contributed by atoms with Crippen molar-refractivity contribution in [3.05, 3.63) is 94.5 Å². The van der Waals surface area contributed by atoms with Crippen LogP contribution in [0.4, 0.5) is 0 Å². The van der Waals surface area contributed by atoms with Crippen LogP contribution < -0.4 is 15.1 Å². The summed E-state index contributed by atoms with van der Waals surface area (Å²) in [5.74, 6) is 0.574. The minimum Gasteiger partial charge on any atom is -0.496 e. The number of pyridine rings is 1. The van der Waals surface area contributed by atoms with E-state index in [-0.39, 0.29) is 5.91 Å². The highest BCUT2D eigenvalue weighted by atomic mass is 16.5. The second kappa shape index (κ2) is 11.5. The molecule has 0 bridgehead atoms. The fraction of sp³-hybridized carbons (Fsp3) is 0.258. The van der Waals surface area contributed by atoms with Crippen LogP contribution in [0.15, 0.2) is 71.8 Å². The third kappa shape index (κ3) is 5.74. The number of morpholine rings is 1. The van der Waals surface area contributed by atoms with Gasteiger partial charge in [-0.25, -0.2) is 10.4 Å². The second-order valence-corrected chi connectivity index (χ2v) is 9.70. The molecular formula is C31H33N4O3+. The van der Waals surface area contributed by atoms with Gasteiger partial charge in [0.1, 0.15) is 25.4 Å². The van der Waals surface area contributed by atoms with Crippen molar-refractivity contribution in [2.75, 3.05) is 33.4 Å². The summed E-state index contributed by atoms with van der Waals surface area (Å²) in [5.41, 5.74) is 10.1. The third-order valence-electron chi connectivity index (χ3n) is 6.95. The predicted molar refractivity (Wildman–Crippen MR) is 150 cm³/mol. The Morgan fingerprint density at radius 1 is 1.08 bits per heavy atom. The van der Waals surface area contributed by atoms with Crippen molar-refractivity contribution in [3.8, 4) is 17.0 Å². The molecule has 38 heavy (non-hydrogen) atoms. The molecule has 0 spiro atoms. The molecule has 7 heteroatoms. The first-order valence-corrected chi connectivity index (χ1v) is 12.9. The van der Waals surface area contributed by atoms with E-state index in [1.54, 1.807) is 13.3 Å². The zero-order valence-corrected chi connectivity index (χ0v) is 22.1. The number of ether oxygens (including phenoxy) is 2. The number of hydrazone groups is 1. The standard InChI is InChI=1S/C31H32N4O3/c1-21-8-9-22(2)26(16-21)29-18-27(25-6-4-5-7-28(25)33-29)31(36)34-32-19-23-10-11-30(37-3)24(17-23)20-35-12-14-38-15-13-35/h4-11,16-19H,12-15,20H2,1-3H3,(H,34,36)/p+1. The number of methoxy groups -OCH3 is 1. The van der Waals surface area contributed by atoms with Gasteiger partial charge in [0.25, 0.3) is 5.91 Å². The average Bonchev–Trinajstić information content (AvgIpc) is 2.94. The highest BCUT2D eigenvalue weighted by Gasteiger charge is 2.17. The summed E-state index contributed by atoms with van der Waals surface area (Å²) >= 11 is 0. The molecule has 0 atom stereocenters. The Bertz CT molecular complexity index is 1490. The lowest BCUT2D eigenvalue weighted by atomic mass is 9.99. The number of nitrogens with zero attached hydrogens (tertiary/aromatic N) is 2. The van der Waals surface area contributed by atoms with Gasteiger partial charge < -0.3 is 14.4 Å². The van der Waals surface area contributed by atoms with Crippen LogP contribution >= 0.6 is 0 Å². The first kappa shape index (κ1) is 25.6. The molecule has 0 unspecified atom stereocenters. The zero-order chi connectivity index (χ0) is 26.5. The molecule has 194 valence electrons. The van der Waals surface area contributed by atoms with Crippen molar-refractivity contribution >= 4 is 23.0 Å². The lowest BCUT2D eigenvalue weighted by Gasteiger charge is -2.24. The maximum Gasteiger partial charge on any atom is 0.272 e. The number of amides is 1. The number of aryl methyl sites for hydroxylation is 2. The lowest BCUT2D eigenvalue weighted by molar-refractivity contribution is -0.921. The molecule has 7 nitrogen and oxygen atoms in total. The fourth-order valence-electron chi connectivity index (χ4n) is 4.86. The number of fused-ring (bicyclic) bond motifs is 1. The van der Waals surface area contributed by atoms with E-state index in [0.29, 0.717) is 5.56 Å². The first-order chi connectivity index (χ1) is 18.5. The van der Waals surface area contributed by atoms with Gasteiger partial charge in [0.15, 0.2) is 0 Å². The normalized spacial score (nSPS) is 14.2. The van der Waals surface area contributed by atoms with Crippen LogP contribution in [0.5, 0.6) is 5.75 Å². The Labute approximate surface area is 223 Å². The number of benzene rings is 3. The first-order valence-electron chi connectivity index (χ1n) is 12.9. The molecule has 3 aromatic carbocycles. The van der Waals surface area contributed by atoms with Crippen LogP contribution in [0.3, 0.4) is 0 Å². The van der Waals surface area contributed by atoms with E-state index in [9.17, 15) is 4.79 Å².